The predicted molar refractivity (Wildman–Crippen MR) is 109 cm³/mol. The monoisotopic (exact) mass is 391 g/mol. The van der Waals surface area contributed by atoms with Crippen LogP contribution in [0.3, 0.4) is 0 Å². The second-order valence-corrected chi connectivity index (χ2v) is 8.09. The Morgan fingerprint density at radius 3 is 2.93 bits per heavy atom. The van der Waals surface area contributed by atoms with E-state index in [0.717, 1.165) is 36.3 Å². The van der Waals surface area contributed by atoms with Crippen molar-refractivity contribution in [2.75, 3.05) is 13.1 Å². The highest BCUT2D eigenvalue weighted by Crippen LogP contribution is 2.36. The number of nitrogens with zero attached hydrogens (tertiary/aromatic N) is 3. The van der Waals surface area contributed by atoms with E-state index >= 15 is 0 Å². The fourth-order valence-electron chi connectivity index (χ4n) is 4.75. The van der Waals surface area contributed by atoms with Gasteiger partial charge >= 0.3 is 0 Å². The molecule has 1 aliphatic heterocycles. The number of carbonyl (C=O) groups is 1. The highest BCUT2D eigenvalue weighted by Gasteiger charge is 2.34. The average Bonchev–Trinajstić information content (AvgIpc) is 3.26. The van der Waals surface area contributed by atoms with Crippen LogP contribution in [0.2, 0.25) is 0 Å². The Labute approximate surface area is 169 Å². The summed E-state index contributed by atoms with van der Waals surface area (Å²) in [6, 6.07) is 9.69. The number of benzene rings is 1. The van der Waals surface area contributed by atoms with Crippen molar-refractivity contribution in [1.82, 2.24) is 14.9 Å². The molecular formula is C23H25N3O3. The smallest absolute Gasteiger partial charge is 0.275 e. The van der Waals surface area contributed by atoms with E-state index in [0.29, 0.717) is 23.3 Å². The predicted octanol–water partition coefficient (Wildman–Crippen LogP) is 4.45. The molecule has 1 saturated heterocycles. The Morgan fingerprint density at radius 2 is 2.00 bits per heavy atom. The van der Waals surface area contributed by atoms with Crippen molar-refractivity contribution in [1.29, 1.82) is 0 Å². The first-order valence-electron chi connectivity index (χ1n) is 10.5. The zero-order valence-corrected chi connectivity index (χ0v) is 16.4. The zero-order chi connectivity index (χ0) is 19.6. The summed E-state index contributed by atoms with van der Waals surface area (Å²) in [5.74, 6) is 2.48. The zero-order valence-electron chi connectivity index (χ0n) is 16.4. The molecule has 1 amide bonds. The van der Waals surface area contributed by atoms with E-state index in [1.165, 1.54) is 31.9 Å². The van der Waals surface area contributed by atoms with Crippen molar-refractivity contribution >= 4 is 16.8 Å². The van der Waals surface area contributed by atoms with Gasteiger partial charge in [0.2, 0.25) is 5.89 Å². The molecule has 0 bridgehead atoms. The van der Waals surface area contributed by atoms with Gasteiger partial charge in [0, 0.05) is 24.7 Å². The molecule has 6 heteroatoms. The Bertz CT molecular complexity index is 1010. The van der Waals surface area contributed by atoms with E-state index in [1.54, 1.807) is 6.20 Å². The fraction of sp³-hybridized carbons (Fsp3) is 0.435. The van der Waals surface area contributed by atoms with E-state index in [4.69, 9.17) is 9.15 Å². The molecule has 2 aromatic heterocycles. The lowest BCUT2D eigenvalue weighted by Crippen LogP contribution is -2.44. The molecule has 0 radical (unpaired) electrons. The molecule has 3 heterocycles. The van der Waals surface area contributed by atoms with Gasteiger partial charge in [-0.3, -0.25) is 9.78 Å². The summed E-state index contributed by atoms with van der Waals surface area (Å²) in [5.41, 5.74) is 1.17. The summed E-state index contributed by atoms with van der Waals surface area (Å²) in [6.45, 7) is 1.83. The second kappa shape index (κ2) is 7.85. The summed E-state index contributed by atoms with van der Waals surface area (Å²) in [5, 5.41) is 1.01. The molecule has 5 rings (SSSR count). The van der Waals surface area contributed by atoms with Gasteiger partial charge in [0.05, 0.1) is 0 Å². The van der Waals surface area contributed by atoms with Crippen LogP contribution in [0.5, 0.6) is 5.75 Å². The number of ether oxygens (including phenoxy) is 1. The average molecular weight is 391 g/mol. The quantitative estimate of drug-likeness (QED) is 0.657. The van der Waals surface area contributed by atoms with Crippen molar-refractivity contribution in [2.24, 2.45) is 11.8 Å². The number of hydrogen-bond donors (Lipinski definition) is 0. The van der Waals surface area contributed by atoms with Crippen LogP contribution in [0.1, 0.15) is 48.5 Å². The van der Waals surface area contributed by atoms with Gasteiger partial charge < -0.3 is 14.1 Å². The van der Waals surface area contributed by atoms with Gasteiger partial charge in [-0.1, -0.05) is 37.5 Å². The third-order valence-electron chi connectivity index (χ3n) is 6.30. The number of hydrogen-bond acceptors (Lipinski definition) is 5. The second-order valence-electron chi connectivity index (χ2n) is 8.09. The summed E-state index contributed by atoms with van der Waals surface area (Å²) in [7, 11) is 0. The normalized spacial score (nSPS) is 21.7. The van der Waals surface area contributed by atoms with Crippen LogP contribution in [-0.2, 0) is 6.61 Å². The molecule has 29 heavy (non-hydrogen) atoms. The number of aromatic nitrogens is 2. The lowest BCUT2D eigenvalue weighted by molar-refractivity contribution is 0.0515. The number of rotatable bonds is 4. The van der Waals surface area contributed by atoms with Gasteiger partial charge in [-0.15, -0.1) is 0 Å². The molecule has 6 nitrogen and oxygen atoms in total. The van der Waals surface area contributed by atoms with Gasteiger partial charge in [0.1, 0.15) is 17.5 Å². The van der Waals surface area contributed by atoms with Crippen LogP contribution in [0, 0.1) is 11.8 Å². The molecule has 150 valence electrons. The van der Waals surface area contributed by atoms with Crippen LogP contribution < -0.4 is 4.74 Å². The third-order valence-corrected chi connectivity index (χ3v) is 6.30. The van der Waals surface area contributed by atoms with Crippen molar-refractivity contribution in [3.8, 4) is 5.75 Å². The number of piperidine rings is 1. The molecule has 0 N–H and O–H groups in total. The van der Waals surface area contributed by atoms with E-state index < -0.39 is 0 Å². The van der Waals surface area contributed by atoms with Gasteiger partial charge in [0.15, 0.2) is 12.3 Å². The van der Waals surface area contributed by atoms with Crippen LogP contribution in [-0.4, -0.2) is 33.9 Å². The Morgan fingerprint density at radius 1 is 1.14 bits per heavy atom. The van der Waals surface area contributed by atoms with Crippen LogP contribution in [0.4, 0.5) is 0 Å². The molecule has 2 atom stereocenters. The van der Waals surface area contributed by atoms with Gasteiger partial charge in [-0.25, -0.2) is 4.98 Å². The molecular weight excluding hydrogens is 366 g/mol. The molecule has 1 aromatic carbocycles. The first-order chi connectivity index (χ1) is 14.3. The molecule has 2 aliphatic rings. The number of likely N-dealkylation sites (tertiary alicyclic amines) is 1. The van der Waals surface area contributed by atoms with Crippen molar-refractivity contribution in [3.63, 3.8) is 0 Å². The molecule has 1 saturated carbocycles. The number of oxazole rings is 1. The standard InChI is InChI=1S/C23H25N3O3/c27-23(26-12-10-16-5-1-2-6-18(16)13-26)19-14-29-21(25-19)15-28-20-9-3-7-17-8-4-11-24-22(17)20/h3-4,7-9,11,14,16,18H,1-2,5-6,10,12-13,15H2/t16-,18-/m0/s1. The maximum Gasteiger partial charge on any atom is 0.275 e. The maximum atomic E-state index is 12.9. The first kappa shape index (κ1) is 18.2. The van der Waals surface area contributed by atoms with E-state index in [9.17, 15) is 4.79 Å². The van der Waals surface area contributed by atoms with E-state index in [1.807, 2.05) is 35.2 Å². The molecule has 1 aliphatic carbocycles. The maximum absolute atomic E-state index is 12.9. The number of para-hydroxylation sites is 1. The summed E-state index contributed by atoms with van der Waals surface area (Å²) < 4.78 is 11.4. The first-order valence-corrected chi connectivity index (χ1v) is 10.5. The van der Waals surface area contributed by atoms with Crippen LogP contribution >= 0.6 is 0 Å². The molecule has 3 aromatic rings. The number of amides is 1. The van der Waals surface area contributed by atoms with Crippen molar-refractivity contribution in [3.05, 3.63) is 54.4 Å². The summed E-state index contributed by atoms with van der Waals surface area (Å²) in [4.78, 5) is 23.6. The summed E-state index contributed by atoms with van der Waals surface area (Å²) in [6.07, 6.45) is 9.50. The lowest BCUT2D eigenvalue weighted by Gasteiger charge is -2.41. The van der Waals surface area contributed by atoms with Crippen LogP contribution in [0.25, 0.3) is 10.9 Å². The minimum atomic E-state index is -0.0316. The molecule has 0 unspecified atom stereocenters. The van der Waals surface area contributed by atoms with Gasteiger partial charge in [0.25, 0.3) is 5.91 Å². The highest BCUT2D eigenvalue weighted by molar-refractivity contribution is 5.92. The van der Waals surface area contributed by atoms with Crippen molar-refractivity contribution < 1.29 is 13.9 Å². The Hall–Kier alpha value is -2.89. The van der Waals surface area contributed by atoms with Gasteiger partial charge in [-0.2, -0.15) is 0 Å². The largest absolute Gasteiger partial charge is 0.482 e. The Balaban J connectivity index is 1.24. The number of pyridine rings is 1. The lowest BCUT2D eigenvalue weighted by atomic mass is 9.75. The topological polar surface area (TPSA) is 68.5 Å². The summed E-state index contributed by atoms with van der Waals surface area (Å²) >= 11 is 0. The molecule has 0 spiro atoms. The number of fused-ring (bicyclic) bond motifs is 2. The third kappa shape index (κ3) is 3.71. The highest BCUT2D eigenvalue weighted by atomic mass is 16.5. The number of carbonyl (C=O) groups excluding carboxylic acids is 1. The van der Waals surface area contributed by atoms with Crippen LogP contribution in [0.15, 0.2) is 47.2 Å². The fourth-order valence-corrected chi connectivity index (χ4v) is 4.75. The van der Waals surface area contributed by atoms with Gasteiger partial charge in [-0.05, 0) is 36.8 Å². The van der Waals surface area contributed by atoms with E-state index in [-0.39, 0.29) is 12.5 Å². The van der Waals surface area contributed by atoms with Crippen molar-refractivity contribution in [2.45, 2.75) is 38.7 Å². The minimum Gasteiger partial charge on any atom is -0.482 e. The Kier molecular flexibility index (Phi) is 4.92. The molecule has 2 fully saturated rings. The van der Waals surface area contributed by atoms with E-state index in [2.05, 4.69) is 9.97 Å². The SMILES string of the molecule is O=C(c1coc(COc2cccc3cccnc23)n1)N1CC[C@@H]2CCCC[C@H]2C1. The minimum absolute atomic E-state index is 0.0316.